The molecule has 0 spiro atoms. The van der Waals surface area contributed by atoms with Gasteiger partial charge in [0.2, 0.25) is 0 Å². The number of hydrogen-bond acceptors (Lipinski definition) is 3. The Morgan fingerprint density at radius 2 is 2.16 bits per heavy atom. The van der Waals surface area contributed by atoms with Gasteiger partial charge in [0.05, 0.1) is 17.6 Å². The molecular formula is C14H19BrN4. The van der Waals surface area contributed by atoms with Crippen LogP contribution >= 0.6 is 15.9 Å². The van der Waals surface area contributed by atoms with Crippen molar-refractivity contribution in [2.75, 3.05) is 6.54 Å². The molecule has 1 aromatic carbocycles. The molecule has 19 heavy (non-hydrogen) atoms. The van der Waals surface area contributed by atoms with Gasteiger partial charge in [-0.2, -0.15) is 0 Å². The third kappa shape index (κ3) is 3.42. The maximum atomic E-state index is 4.19. The second kappa shape index (κ2) is 6.30. The van der Waals surface area contributed by atoms with Gasteiger partial charge in [0.25, 0.3) is 0 Å². The highest BCUT2D eigenvalue weighted by Crippen LogP contribution is 2.22. The molecule has 0 atom stereocenters. The van der Waals surface area contributed by atoms with E-state index in [1.807, 2.05) is 23.0 Å². The summed E-state index contributed by atoms with van der Waals surface area (Å²) in [7, 11) is 0. The van der Waals surface area contributed by atoms with E-state index in [1.165, 1.54) is 0 Å². The fourth-order valence-electron chi connectivity index (χ4n) is 1.89. The van der Waals surface area contributed by atoms with Crippen molar-refractivity contribution in [1.29, 1.82) is 0 Å². The van der Waals surface area contributed by atoms with Crippen molar-refractivity contribution in [2.45, 2.75) is 27.3 Å². The summed E-state index contributed by atoms with van der Waals surface area (Å²) in [4.78, 5) is 0. The SMILES string of the molecule is Cc1c(Br)cccc1-n1nncc1CNCC(C)C. The van der Waals surface area contributed by atoms with Gasteiger partial charge >= 0.3 is 0 Å². The van der Waals surface area contributed by atoms with E-state index in [1.54, 1.807) is 0 Å². The first-order chi connectivity index (χ1) is 9.09. The Morgan fingerprint density at radius 1 is 1.37 bits per heavy atom. The lowest BCUT2D eigenvalue weighted by atomic mass is 10.2. The zero-order valence-corrected chi connectivity index (χ0v) is 13.1. The zero-order chi connectivity index (χ0) is 13.8. The molecule has 0 saturated heterocycles. The normalized spacial score (nSPS) is 11.2. The maximum absolute atomic E-state index is 4.19. The summed E-state index contributed by atoms with van der Waals surface area (Å²) < 4.78 is 2.98. The van der Waals surface area contributed by atoms with Crippen molar-refractivity contribution >= 4 is 15.9 Å². The smallest absolute Gasteiger partial charge is 0.0783 e. The predicted molar refractivity (Wildman–Crippen MR) is 80.3 cm³/mol. The summed E-state index contributed by atoms with van der Waals surface area (Å²) in [5.74, 6) is 0.636. The van der Waals surface area contributed by atoms with Gasteiger partial charge in [0.1, 0.15) is 0 Å². The van der Waals surface area contributed by atoms with Crippen LogP contribution in [0.3, 0.4) is 0 Å². The standard InChI is InChI=1S/C14H19BrN4/c1-10(2)7-16-8-12-9-17-18-19(12)14-6-4-5-13(15)11(14)3/h4-6,9-10,16H,7-8H2,1-3H3. The highest BCUT2D eigenvalue weighted by molar-refractivity contribution is 9.10. The van der Waals surface area contributed by atoms with Crippen LogP contribution in [0.4, 0.5) is 0 Å². The Balaban J connectivity index is 2.21. The van der Waals surface area contributed by atoms with Gasteiger partial charge < -0.3 is 5.32 Å². The molecule has 0 saturated carbocycles. The average Bonchev–Trinajstić information content (AvgIpc) is 2.80. The summed E-state index contributed by atoms with van der Waals surface area (Å²) in [5, 5.41) is 11.6. The quantitative estimate of drug-likeness (QED) is 0.919. The molecule has 0 amide bonds. The third-order valence-corrected chi connectivity index (χ3v) is 3.80. The van der Waals surface area contributed by atoms with E-state index in [4.69, 9.17) is 0 Å². The molecule has 0 unspecified atom stereocenters. The molecule has 2 rings (SSSR count). The van der Waals surface area contributed by atoms with Gasteiger partial charge in [-0.25, -0.2) is 4.68 Å². The molecule has 0 aliphatic rings. The van der Waals surface area contributed by atoms with Crippen LogP contribution in [-0.2, 0) is 6.54 Å². The molecule has 1 aromatic heterocycles. The van der Waals surface area contributed by atoms with Gasteiger partial charge in [-0.05, 0) is 37.1 Å². The summed E-state index contributed by atoms with van der Waals surface area (Å²) in [6.07, 6.45) is 1.81. The minimum absolute atomic E-state index is 0.636. The van der Waals surface area contributed by atoms with Crippen LogP contribution in [0.25, 0.3) is 5.69 Å². The van der Waals surface area contributed by atoms with E-state index >= 15 is 0 Å². The van der Waals surface area contributed by atoms with Gasteiger partial charge in [0.15, 0.2) is 0 Å². The fourth-order valence-corrected chi connectivity index (χ4v) is 2.25. The zero-order valence-electron chi connectivity index (χ0n) is 11.5. The minimum Gasteiger partial charge on any atom is -0.311 e. The molecule has 5 heteroatoms. The highest BCUT2D eigenvalue weighted by atomic mass is 79.9. The number of halogens is 1. The first-order valence-electron chi connectivity index (χ1n) is 6.45. The predicted octanol–water partition coefficient (Wildman–Crippen LogP) is 3.08. The van der Waals surface area contributed by atoms with E-state index < -0.39 is 0 Å². The lowest BCUT2D eigenvalue weighted by molar-refractivity contribution is 0.542. The molecule has 2 aromatic rings. The van der Waals surface area contributed by atoms with Crippen molar-refractivity contribution in [3.63, 3.8) is 0 Å². The van der Waals surface area contributed by atoms with Crippen LogP contribution in [0, 0.1) is 12.8 Å². The Bertz CT molecular complexity index is 548. The van der Waals surface area contributed by atoms with E-state index in [9.17, 15) is 0 Å². The van der Waals surface area contributed by atoms with Crippen LogP contribution in [0.2, 0.25) is 0 Å². The Kier molecular flexibility index (Phi) is 4.71. The lowest BCUT2D eigenvalue weighted by Gasteiger charge is -2.11. The van der Waals surface area contributed by atoms with Gasteiger partial charge in [-0.1, -0.05) is 41.1 Å². The Morgan fingerprint density at radius 3 is 2.89 bits per heavy atom. The van der Waals surface area contributed by atoms with E-state index in [0.29, 0.717) is 5.92 Å². The van der Waals surface area contributed by atoms with Crippen molar-refractivity contribution in [2.24, 2.45) is 5.92 Å². The molecule has 1 heterocycles. The van der Waals surface area contributed by atoms with E-state index in [2.05, 4.69) is 58.4 Å². The van der Waals surface area contributed by atoms with E-state index in [0.717, 1.165) is 34.5 Å². The van der Waals surface area contributed by atoms with Gasteiger partial charge in [-0.15, -0.1) is 5.10 Å². The largest absolute Gasteiger partial charge is 0.311 e. The Labute approximate surface area is 122 Å². The number of aromatic nitrogens is 3. The first-order valence-corrected chi connectivity index (χ1v) is 7.24. The second-order valence-electron chi connectivity index (χ2n) is 5.05. The second-order valence-corrected chi connectivity index (χ2v) is 5.90. The van der Waals surface area contributed by atoms with Gasteiger partial charge in [0, 0.05) is 11.0 Å². The number of rotatable bonds is 5. The van der Waals surface area contributed by atoms with Crippen LogP contribution in [0.5, 0.6) is 0 Å². The molecule has 0 fully saturated rings. The molecular weight excluding hydrogens is 304 g/mol. The molecule has 102 valence electrons. The summed E-state index contributed by atoms with van der Waals surface area (Å²) in [6, 6.07) is 6.10. The number of benzene rings is 1. The third-order valence-electron chi connectivity index (χ3n) is 2.95. The molecule has 0 aliphatic carbocycles. The number of hydrogen-bond donors (Lipinski definition) is 1. The maximum Gasteiger partial charge on any atom is 0.0783 e. The Hall–Kier alpha value is -1.20. The highest BCUT2D eigenvalue weighted by Gasteiger charge is 2.10. The number of nitrogens with one attached hydrogen (secondary N) is 1. The van der Waals surface area contributed by atoms with Crippen LogP contribution in [0.1, 0.15) is 25.1 Å². The first kappa shape index (κ1) is 14.2. The van der Waals surface area contributed by atoms with Crippen LogP contribution in [0.15, 0.2) is 28.9 Å². The summed E-state index contributed by atoms with van der Waals surface area (Å²) >= 11 is 3.55. The lowest BCUT2D eigenvalue weighted by Crippen LogP contribution is -2.21. The topological polar surface area (TPSA) is 42.7 Å². The van der Waals surface area contributed by atoms with Crippen LogP contribution in [-0.4, -0.2) is 21.5 Å². The molecule has 1 N–H and O–H groups in total. The van der Waals surface area contributed by atoms with E-state index in [-0.39, 0.29) is 0 Å². The van der Waals surface area contributed by atoms with Crippen LogP contribution < -0.4 is 5.32 Å². The molecule has 0 radical (unpaired) electrons. The average molecular weight is 323 g/mol. The van der Waals surface area contributed by atoms with Crippen molar-refractivity contribution in [3.8, 4) is 5.69 Å². The summed E-state index contributed by atoms with van der Waals surface area (Å²) in [5.41, 5.74) is 3.30. The molecule has 0 bridgehead atoms. The molecule has 0 aliphatic heterocycles. The van der Waals surface area contributed by atoms with Crippen molar-refractivity contribution in [1.82, 2.24) is 20.3 Å². The van der Waals surface area contributed by atoms with Crippen molar-refractivity contribution in [3.05, 3.63) is 40.1 Å². The molecule has 4 nitrogen and oxygen atoms in total. The fraction of sp³-hybridized carbons (Fsp3) is 0.429. The van der Waals surface area contributed by atoms with Crippen molar-refractivity contribution < 1.29 is 0 Å². The van der Waals surface area contributed by atoms with Gasteiger partial charge in [-0.3, -0.25) is 0 Å². The minimum atomic E-state index is 0.636. The summed E-state index contributed by atoms with van der Waals surface area (Å²) in [6.45, 7) is 8.23. The number of nitrogens with zero attached hydrogens (tertiary/aromatic N) is 3. The monoisotopic (exact) mass is 322 g/mol.